The lowest BCUT2D eigenvalue weighted by atomic mass is 10.1. The minimum Gasteiger partial charge on any atom is -0.350 e. The fraction of sp³-hybridized carbons (Fsp3) is 0.500. The Labute approximate surface area is 111 Å². The summed E-state index contributed by atoms with van der Waals surface area (Å²) in [4.78, 5) is 11.9. The Bertz CT molecular complexity index is 384. The molecule has 1 saturated carbocycles. The highest BCUT2D eigenvalue weighted by atomic mass is 79.9. The molecule has 1 aliphatic rings. The van der Waals surface area contributed by atoms with Crippen molar-refractivity contribution in [2.45, 2.75) is 37.6 Å². The Morgan fingerprint density at radius 3 is 2.59 bits per heavy atom. The molecule has 0 aromatic heterocycles. The van der Waals surface area contributed by atoms with Crippen LogP contribution in [0.1, 0.15) is 42.1 Å². The predicted molar refractivity (Wildman–Crippen MR) is 73.3 cm³/mol. The first kappa shape index (κ1) is 12.6. The van der Waals surface area contributed by atoms with Gasteiger partial charge in [0.15, 0.2) is 0 Å². The molecule has 1 N–H and O–H groups in total. The number of nitrogens with one attached hydrogen (secondary N) is 1. The third kappa shape index (κ3) is 3.84. The molecule has 1 unspecified atom stereocenters. The summed E-state index contributed by atoms with van der Waals surface area (Å²) in [5, 5.41) is 3.88. The van der Waals surface area contributed by atoms with Gasteiger partial charge in [0.25, 0.3) is 5.91 Å². The van der Waals surface area contributed by atoms with E-state index in [1.165, 1.54) is 18.4 Å². The molecule has 0 bridgehead atoms. The van der Waals surface area contributed by atoms with E-state index in [4.69, 9.17) is 0 Å². The van der Waals surface area contributed by atoms with Crippen LogP contribution in [0.5, 0.6) is 0 Å². The number of carbonyl (C=O) groups is 1. The van der Waals surface area contributed by atoms with E-state index in [1.54, 1.807) is 0 Å². The van der Waals surface area contributed by atoms with Crippen molar-refractivity contribution in [3.05, 3.63) is 35.4 Å². The summed E-state index contributed by atoms with van der Waals surface area (Å²) in [6.45, 7) is 2.09. The lowest BCUT2D eigenvalue weighted by Crippen LogP contribution is -2.32. The van der Waals surface area contributed by atoms with Crippen molar-refractivity contribution in [1.82, 2.24) is 5.32 Å². The lowest BCUT2D eigenvalue weighted by Gasteiger charge is -2.13. The molecule has 2 nitrogen and oxygen atoms in total. The first-order chi connectivity index (χ1) is 8.19. The number of benzene rings is 1. The molecule has 1 atom stereocenters. The standard InChI is InChI=1S/C14H18BrNO/c1-10(8-11-2-3-11)16-14(17)13-6-4-12(9-15)5-7-13/h4-7,10-11H,2-3,8-9H2,1H3,(H,16,17). The maximum atomic E-state index is 11.9. The van der Waals surface area contributed by atoms with Gasteiger partial charge in [-0.25, -0.2) is 0 Å². The van der Waals surface area contributed by atoms with Gasteiger partial charge in [0, 0.05) is 16.9 Å². The highest BCUT2D eigenvalue weighted by Crippen LogP contribution is 2.33. The van der Waals surface area contributed by atoms with Gasteiger partial charge in [0.05, 0.1) is 0 Å². The molecule has 1 fully saturated rings. The van der Waals surface area contributed by atoms with Gasteiger partial charge in [-0.05, 0) is 37.0 Å². The summed E-state index contributed by atoms with van der Waals surface area (Å²) in [6, 6.07) is 8.02. The van der Waals surface area contributed by atoms with E-state index in [0.717, 1.165) is 23.2 Å². The normalized spacial score (nSPS) is 16.6. The van der Waals surface area contributed by atoms with Crippen molar-refractivity contribution in [2.75, 3.05) is 0 Å². The van der Waals surface area contributed by atoms with Crippen LogP contribution in [-0.4, -0.2) is 11.9 Å². The maximum Gasteiger partial charge on any atom is 0.251 e. The second-order valence-electron chi connectivity index (χ2n) is 4.88. The molecule has 17 heavy (non-hydrogen) atoms. The predicted octanol–water partition coefficient (Wildman–Crippen LogP) is 3.50. The summed E-state index contributed by atoms with van der Waals surface area (Å²) >= 11 is 3.39. The summed E-state index contributed by atoms with van der Waals surface area (Å²) in [5.41, 5.74) is 1.94. The monoisotopic (exact) mass is 295 g/mol. The minimum atomic E-state index is 0.0410. The molecule has 0 saturated heterocycles. The van der Waals surface area contributed by atoms with Crippen LogP contribution in [-0.2, 0) is 5.33 Å². The Morgan fingerprint density at radius 1 is 1.41 bits per heavy atom. The van der Waals surface area contributed by atoms with Crippen molar-refractivity contribution in [1.29, 1.82) is 0 Å². The van der Waals surface area contributed by atoms with E-state index in [2.05, 4.69) is 28.2 Å². The summed E-state index contributed by atoms with van der Waals surface area (Å²) < 4.78 is 0. The average molecular weight is 296 g/mol. The summed E-state index contributed by atoms with van der Waals surface area (Å²) in [7, 11) is 0. The van der Waals surface area contributed by atoms with Crippen LogP contribution in [0.3, 0.4) is 0 Å². The summed E-state index contributed by atoms with van der Waals surface area (Å²) in [5.74, 6) is 0.889. The smallest absolute Gasteiger partial charge is 0.251 e. The van der Waals surface area contributed by atoms with Gasteiger partial charge in [0.1, 0.15) is 0 Å². The second-order valence-corrected chi connectivity index (χ2v) is 5.44. The number of hydrogen-bond donors (Lipinski definition) is 1. The van der Waals surface area contributed by atoms with Crippen LogP contribution in [0, 0.1) is 5.92 Å². The van der Waals surface area contributed by atoms with Crippen LogP contribution in [0.25, 0.3) is 0 Å². The lowest BCUT2D eigenvalue weighted by molar-refractivity contribution is 0.0937. The maximum absolute atomic E-state index is 11.9. The first-order valence-electron chi connectivity index (χ1n) is 6.15. The molecule has 1 aromatic rings. The molecule has 3 heteroatoms. The topological polar surface area (TPSA) is 29.1 Å². The molecule has 0 radical (unpaired) electrons. The molecule has 1 amide bonds. The number of carbonyl (C=O) groups excluding carboxylic acids is 1. The molecule has 92 valence electrons. The quantitative estimate of drug-likeness (QED) is 0.828. The van der Waals surface area contributed by atoms with Crippen LogP contribution < -0.4 is 5.32 Å². The van der Waals surface area contributed by atoms with Gasteiger partial charge in [-0.2, -0.15) is 0 Å². The number of rotatable bonds is 5. The van der Waals surface area contributed by atoms with Crippen molar-refractivity contribution in [3.8, 4) is 0 Å². The summed E-state index contributed by atoms with van der Waals surface area (Å²) in [6.07, 6.45) is 3.78. The van der Waals surface area contributed by atoms with Crippen LogP contribution in [0.4, 0.5) is 0 Å². The zero-order valence-corrected chi connectivity index (χ0v) is 11.7. The van der Waals surface area contributed by atoms with E-state index >= 15 is 0 Å². The molecule has 1 aromatic carbocycles. The van der Waals surface area contributed by atoms with Crippen molar-refractivity contribution in [3.63, 3.8) is 0 Å². The third-order valence-electron chi connectivity index (χ3n) is 3.13. The van der Waals surface area contributed by atoms with E-state index < -0.39 is 0 Å². The SMILES string of the molecule is CC(CC1CC1)NC(=O)c1ccc(CBr)cc1. The zero-order chi connectivity index (χ0) is 12.3. The number of alkyl halides is 1. The van der Waals surface area contributed by atoms with E-state index in [0.29, 0.717) is 0 Å². The molecule has 0 spiro atoms. The zero-order valence-electron chi connectivity index (χ0n) is 10.1. The van der Waals surface area contributed by atoms with Gasteiger partial charge < -0.3 is 5.32 Å². The average Bonchev–Trinajstić information content (AvgIpc) is 3.12. The molecule has 0 aliphatic heterocycles. The van der Waals surface area contributed by atoms with Gasteiger partial charge in [-0.1, -0.05) is 40.9 Å². The minimum absolute atomic E-state index is 0.0410. The highest BCUT2D eigenvalue weighted by molar-refractivity contribution is 9.08. The molecule has 2 rings (SSSR count). The molecule has 1 aliphatic carbocycles. The third-order valence-corrected chi connectivity index (χ3v) is 3.78. The molecule has 0 heterocycles. The van der Waals surface area contributed by atoms with Crippen molar-refractivity contribution in [2.24, 2.45) is 5.92 Å². The Balaban J connectivity index is 1.88. The number of halogens is 1. The molecular formula is C14H18BrNO. The Morgan fingerprint density at radius 2 is 2.06 bits per heavy atom. The van der Waals surface area contributed by atoms with Gasteiger partial charge in [0.2, 0.25) is 0 Å². The van der Waals surface area contributed by atoms with Gasteiger partial charge in [-0.15, -0.1) is 0 Å². The highest BCUT2D eigenvalue weighted by Gasteiger charge is 2.24. The Hall–Kier alpha value is -0.830. The first-order valence-corrected chi connectivity index (χ1v) is 7.27. The van der Waals surface area contributed by atoms with Crippen LogP contribution in [0.15, 0.2) is 24.3 Å². The largest absolute Gasteiger partial charge is 0.350 e. The molecular weight excluding hydrogens is 278 g/mol. The van der Waals surface area contributed by atoms with Crippen molar-refractivity contribution < 1.29 is 4.79 Å². The Kier molecular flexibility index (Phi) is 4.21. The number of hydrogen-bond acceptors (Lipinski definition) is 1. The fourth-order valence-corrected chi connectivity index (χ4v) is 2.34. The van der Waals surface area contributed by atoms with Crippen LogP contribution in [0.2, 0.25) is 0 Å². The van der Waals surface area contributed by atoms with Gasteiger partial charge in [-0.3, -0.25) is 4.79 Å². The second kappa shape index (κ2) is 5.67. The van der Waals surface area contributed by atoms with Gasteiger partial charge >= 0.3 is 0 Å². The van der Waals surface area contributed by atoms with Crippen molar-refractivity contribution >= 4 is 21.8 Å². The van der Waals surface area contributed by atoms with Crippen LogP contribution >= 0.6 is 15.9 Å². The van der Waals surface area contributed by atoms with E-state index in [1.807, 2.05) is 24.3 Å². The van der Waals surface area contributed by atoms with E-state index in [-0.39, 0.29) is 11.9 Å². The number of amides is 1. The fourth-order valence-electron chi connectivity index (χ4n) is 1.96. The van der Waals surface area contributed by atoms with E-state index in [9.17, 15) is 4.79 Å².